The van der Waals surface area contributed by atoms with E-state index in [-0.39, 0.29) is 5.91 Å². The molecule has 0 radical (unpaired) electrons. The number of hydrogen-bond acceptors (Lipinski definition) is 3. The second kappa shape index (κ2) is 7.04. The van der Waals surface area contributed by atoms with Gasteiger partial charge in [-0.15, -0.1) is 0 Å². The summed E-state index contributed by atoms with van der Waals surface area (Å²) in [6.07, 6.45) is -3.55. The monoisotopic (exact) mass is 391 g/mol. The summed E-state index contributed by atoms with van der Waals surface area (Å²) in [4.78, 5) is 14.3. The maximum atomic E-state index is 12.7. The van der Waals surface area contributed by atoms with E-state index in [1.165, 1.54) is 12.1 Å². The Balaban J connectivity index is 1.77. The summed E-state index contributed by atoms with van der Waals surface area (Å²) in [7, 11) is 0. The van der Waals surface area contributed by atoms with Crippen molar-refractivity contribution in [3.8, 4) is 0 Å². The molecule has 28 heavy (non-hydrogen) atoms. The van der Waals surface area contributed by atoms with Gasteiger partial charge in [-0.1, -0.05) is 32.9 Å². The van der Waals surface area contributed by atoms with Crippen molar-refractivity contribution in [2.75, 3.05) is 22.5 Å². The highest BCUT2D eigenvalue weighted by atomic mass is 19.4. The Morgan fingerprint density at radius 2 is 1.79 bits per heavy atom. The maximum Gasteiger partial charge on any atom is 0.416 e. The molecular weight excluding hydrogens is 367 g/mol. The summed E-state index contributed by atoms with van der Waals surface area (Å²) in [5, 5.41) is 2.88. The summed E-state index contributed by atoms with van der Waals surface area (Å²) >= 11 is 0. The van der Waals surface area contributed by atoms with Gasteiger partial charge in [-0.05, 0) is 41.8 Å². The highest BCUT2D eigenvalue weighted by Gasteiger charge is 2.30. The SMILES string of the molecule is CC(C)(C)C(=O)Nc1cc2c(cc1N)N(Cc1ccc(C(F)(F)F)cc1)CC2. The summed E-state index contributed by atoms with van der Waals surface area (Å²) in [5.41, 5.74) is 8.83. The lowest BCUT2D eigenvalue weighted by Crippen LogP contribution is -2.28. The Morgan fingerprint density at radius 3 is 2.36 bits per heavy atom. The van der Waals surface area contributed by atoms with Gasteiger partial charge in [0, 0.05) is 24.2 Å². The molecule has 0 atom stereocenters. The molecule has 4 nitrogen and oxygen atoms in total. The minimum Gasteiger partial charge on any atom is -0.397 e. The van der Waals surface area contributed by atoms with Crippen LogP contribution in [0.1, 0.15) is 37.5 Å². The van der Waals surface area contributed by atoms with Gasteiger partial charge in [-0.3, -0.25) is 4.79 Å². The molecule has 1 aliphatic rings. The van der Waals surface area contributed by atoms with Gasteiger partial charge in [0.15, 0.2) is 0 Å². The molecule has 3 N–H and O–H groups in total. The second-order valence-corrected chi connectivity index (χ2v) is 8.14. The second-order valence-electron chi connectivity index (χ2n) is 8.14. The number of benzene rings is 2. The largest absolute Gasteiger partial charge is 0.416 e. The number of nitrogens with two attached hydrogens (primary N) is 1. The van der Waals surface area contributed by atoms with Crippen LogP contribution in [-0.4, -0.2) is 12.5 Å². The normalized spacial score (nSPS) is 14.1. The average Bonchev–Trinajstić information content (AvgIpc) is 2.96. The van der Waals surface area contributed by atoms with E-state index in [9.17, 15) is 18.0 Å². The van der Waals surface area contributed by atoms with E-state index in [2.05, 4.69) is 10.2 Å². The number of anilines is 3. The van der Waals surface area contributed by atoms with Gasteiger partial charge in [-0.25, -0.2) is 0 Å². The molecule has 0 spiro atoms. The molecule has 0 fully saturated rings. The maximum absolute atomic E-state index is 12.7. The van der Waals surface area contributed by atoms with Crippen molar-refractivity contribution < 1.29 is 18.0 Å². The van der Waals surface area contributed by atoms with E-state index in [1.54, 1.807) is 0 Å². The van der Waals surface area contributed by atoms with Crippen molar-refractivity contribution in [1.29, 1.82) is 0 Å². The van der Waals surface area contributed by atoms with Crippen LogP contribution in [0, 0.1) is 5.41 Å². The Labute approximate surface area is 162 Å². The zero-order chi connectivity index (χ0) is 20.7. The van der Waals surface area contributed by atoms with Gasteiger partial charge in [0.2, 0.25) is 5.91 Å². The third-order valence-electron chi connectivity index (χ3n) is 4.83. The molecule has 0 bridgehead atoms. The summed E-state index contributed by atoms with van der Waals surface area (Å²) < 4.78 is 38.1. The number of hydrogen-bond donors (Lipinski definition) is 2. The first-order valence-electron chi connectivity index (χ1n) is 9.10. The predicted octanol–water partition coefficient (Wildman–Crippen LogP) is 4.83. The Hall–Kier alpha value is -2.70. The summed E-state index contributed by atoms with van der Waals surface area (Å²) in [5.74, 6) is -0.112. The van der Waals surface area contributed by atoms with Crippen molar-refractivity contribution in [2.45, 2.75) is 39.9 Å². The standard InChI is InChI=1S/C21H24F3N3O/c1-20(2,3)19(28)26-17-10-14-8-9-27(18(14)11-16(17)25)12-13-4-6-15(7-5-13)21(22,23)24/h4-7,10-11H,8-9,12,25H2,1-3H3,(H,26,28). The lowest BCUT2D eigenvalue weighted by Gasteiger charge is -2.22. The Kier molecular flexibility index (Phi) is 5.04. The fraction of sp³-hybridized carbons (Fsp3) is 0.381. The van der Waals surface area contributed by atoms with Crippen molar-refractivity contribution in [3.05, 3.63) is 53.1 Å². The zero-order valence-electron chi connectivity index (χ0n) is 16.2. The van der Waals surface area contributed by atoms with Crippen LogP contribution in [0.3, 0.4) is 0 Å². The van der Waals surface area contributed by atoms with Crippen LogP contribution in [0.15, 0.2) is 36.4 Å². The van der Waals surface area contributed by atoms with E-state index in [1.807, 2.05) is 32.9 Å². The zero-order valence-corrected chi connectivity index (χ0v) is 16.2. The van der Waals surface area contributed by atoms with E-state index in [4.69, 9.17) is 5.73 Å². The molecule has 2 aromatic rings. The lowest BCUT2D eigenvalue weighted by atomic mass is 9.95. The van der Waals surface area contributed by atoms with Crippen molar-refractivity contribution in [3.63, 3.8) is 0 Å². The molecule has 3 rings (SSSR count). The quantitative estimate of drug-likeness (QED) is 0.737. The fourth-order valence-electron chi connectivity index (χ4n) is 3.12. The van der Waals surface area contributed by atoms with Crippen LogP contribution < -0.4 is 16.0 Å². The molecule has 0 aromatic heterocycles. The van der Waals surface area contributed by atoms with E-state index in [0.717, 1.165) is 41.9 Å². The van der Waals surface area contributed by atoms with Crippen LogP contribution in [0.2, 0.25) is 0 Å². The molecule has 150 valence electrons. The van der Waals surface area contributed by atoms with Gasteiger partial charge >= 0.3 is 6.18 Å². The summed E-state index contributed by atoms with van der Waals surface area (Å²) in [6.45, 7) is 6.73. The molecule has 0 saturated carbocycles. The minimum absolute atomic E-state index is 0.112. The first-order chi connectivity index (χ1) is 12.9. The number of alkyl halides is 3. The molecule has 1 aliphatic heterocycles. The van der Waals surface area contributed by atoms with Crippen LogP contribution >= 0.6 is 0 Å². The van der Waals surface area contributed by atoms with Gasteiger partial charge in [0.05, 0.1) is 16.9 Å². The van der Waals surface area contributed by atoms with Crippen molar-refractivity contribution in [2.24, 2.45) is 5.41 Å². The van der Waals surface area contributed by atoms with Crippen LogP contribution in [0.5, 0.6) is 0 Å². The van der Waals surface area contributed by atoms with Gasteiger partial charge in [-0.2, -0.15) is 13.2 Å². The number of fused-ring (bicyclic) bond motifs is 1. The molecular formula is C21H24F3N3O. The van der Waals surface area contributed by atoms with Crippen molar-refractivity contribution in [1.82, 2.24) is 0 Å². The highest BCUT2D eigenvalue weighted by molar-refractivity contribution is 5.97. The van der Waals surface area contributed by atoms with E-state index < -0.39 is 17.2 Å². The third-order valence-corrected chi connectivity index (χ3v) is 4.83. The van der Waals surface area contributed by atoms with Crippen LogP contribution in [0.4, 0.5) is 30.2 Å². The van der Waals surface area contributed by atoms with E-state index >= 15 is 0 Å². The first kappa shape index (κ1) is 20.0. The predicted molar refractivity (Wildman–Crippen MR) is 105 cm³/mol. The molecule has 0 aliphatic carbocycles. The number of amides is 1. The Bertz CT molecular complexity index is 883. The molecule has 0 unspecified atom stereocenters. The molecule has 1 amide bonds. The smallest absolute Gasteiger partial charge is 0.397 e. The molecule has 2 aromatic carbocycles. The van der Waals surface area contributed by atoms with Crippen LogP contribution in [0.25, 0.3) is 0 Å². The fourth-order valence-corrected chi connectivity index (χ4v) is 3.12. The number of rotatable bonds is 3. The van der Waals surface area contributed by atoms with Crippen LogP contribution in [-0.2, 0) is 23.9 Å². The van der Waals surface area contributed by atoms with Gasteiger partial charge in [0.1, 0.15) is 0 Å². The number of halogens is 3. The number of carbonyl (C=O) groups excluding carboxylic acids is 1. The highest BCUT2D eigenvalue weighted by Crippen LogP contribution is 2.36. The number of nitrogens with one attached hydrogen (secondary N) is 1. The van der Waals surface area contributed by atoms with Crippen molar-refractivity contribution >= 4 is 23.0 Å². The lowest BCUT2D eigenvalue weighted by molar-refractivity contribution is -0.137. The number of nitrogens with zero attached hydrogens (tertiary/aromatic N) is 1. The first-order valence-corrected chi connectivity index (χ1v) is 9.10. The topological polar surface area (TPSA) is 58.4 Å². The number of nitrogen functional groups attached to an aromatic ring is 1. The van der Waals surface area contributed by atoms with E-state index in [0.29, 0.717) is 17.9 Å². The molecule has 1 heterocycles. The number of carbonyl (C=O) groups is 1. The van der Waals surface area contributed by atoms with Gasteiger partial charge < -0.3 is 16.0 Å². The average molecular weight is 391 g/mol. The molecule has 7 heteroatoms. The minimum atomic E-state index is -4.33. The third kappa shape index (κ3) is 4.24. The van der Waals surface area contributed by atoms with Gasteiger partial charge in [0.25, 0.3) is 0 Å². The summed E-state index contributed by atoms with van der Waals surface area (Å²) in [6, 6.07) is 8.92. The Morgan fingerprint density at radius 1 is 1.14 bits per heavy atom. The molecule has 0 saturated heterocycles.